The van der Waals surface area contributed by atoms with Gasteiger partial charge in [-0.2, -0.15) is 0 Å². The summed E-state index contributed by atoms with van der Waals surface area (Å²) in [6, 6.07) is 0. The summed E-state index contributed by atoms with van der Waals surface area (Å²) in [5.41, 5.74) is 6.16. The van der Waals surface area contributed by atoms with Gasteiger partial charge >= 0.3 is 0 Å². The van der Waals surface area contributed by atoms with Crippen LogP contribution in [0.1, 0.15) is 71.6 Å². The molecule has 4 heteroatoms. The molecular weight excluding hydrogens is 324 g/mol. The van der Waals surface area contributed by atoms with E-state index in [9.17, 15) is 5.11 Å². The average molecular weight is 363 g/mol. The quantitative estimate of drug-likeness (QED) is 0.452. The number of nitrogens with two attached hydrogens (primary N) is 1. The van der Waals surface area contributed by atoms with Crippen LogP contribution in [0.5, 0.6) is 0 Å². The van der Waals surface area contributed by atoms with Crippen molar-refractivity contribution in [2.45, 2.75) is 77.7 Å². The molecule has 0 aromatic rings. The molecule has 0 saturated heterocycles. The van der Waals surface area contributed by atoms with Crippen molar-refractivity contribution in [1.82, 2.24) is 0 Å². The van der Waals surface area contributed by atoms with Crippen molar-refractivity contribution in [2.24, 2.45) is 51.3 Å². The predicted octanol–water partition coefficient (Wildman–Crippen LogP) is 3.97. The Hall–Kier alpha value is -0.610. The highest BCUT2D eigenvalue weighted by atomic mass is 16.6. The van der Waals surface area contributed by atoms with Gasteiger partial charge in [0.1, 0.15) is 6.61 Å². The molecule has 4 aliphatic rings. The van der Waals surface area contributed by atoms with E-state index >= 15 is 0 Å². The van der Waals surface area contributed by atoms with E-state index in [1.54, 1.807) is 0 Å². The number of fused-ring (bicyclic) bond motifs is 5. The van der Waals surface area contributed by atoms with Gasteiger partial charge in [-0.1, -0.05) is 19.0 Å². The molecular formula is C22H38N2O2. The highest BCUT2D eigenvalue weighted by molar-refractivity contribution is 5.60. The van der Waals surface area contributed by atoms with Crippen molar-refractivity contribution in [3.8, 4) is 0 Å². The number of hydrogen-bond donors (Lipinski definition) is 2. The minimum absolute atomic E-state index is 0.0561. The van der Waals surface area contributed by atoms with Gasteiger partial charge in [0.05, 0.1) is 6.10 Å². The Morgan fingerprint density at radius 3 is 2.62 bits per heavy atom. The van der Waals surface area contributed by atoms with E-state index in [0.717, 1.165) is 30.1 Å². The summed E-state index contributed by atoms with van der Waals surface area (Å²) in [5.74, 6) is 3.89. The molecule has 0 bridgehead atoms. The van der Waals surface area contributed by atoms with E-state index in [0.29, 0.717) is 24.5 Å². The van der Waals surface area contributed by atoms with E-state index in [4.69, 9.17) is 10.6 Å². The molecule has 4 nitrogen and oxygen atoms in total. The molecule has 0 aliphatic heterocycles. The Bertz CT molecular complexity index is 538. The molecule has 0 aromatic carbocycles. The minimum Gasteiger partial charge on any atom is -0.395 e. The zero-order valence-corrected chi connectivity index (χ0v) is 16.7. The monoisotopic (exact) mass is 362 g/mol. The van der Waals surface area contributed by atoms with Crippen LogP contribution in [0.3, 0.4) is 0 Å². The van der Waals surface area contributed by atoms with Crippen molar-refractivity contribution >= 4 is 6.21 Å². The van der Waals surface area contributed by atoms with Gasteiger partial charge in [0, 0.05) is 12.8 Å². The molecule has 0 radical (unpaired) electrons. The molecule has 0 aromatic heterocycles. The number of hydrogen-bond acceptors (Lipinski definition) is 4. The fourth-order valence-corrected chi connectivity index (χ4v) is 7.63. The molecule has 4 saturated carbocycles. The Balaban J connectivity index is 1.45. The Morgan fingerprint density at radius 1 is 1.04 bits per heavy atom. The maximum absolute atomic E-state index is 10.6. The summed E-state index contributed by atoms with van der Waals surface area (Å²) in [5, 5.41) is 14.7. The molecule has 4 unspecified atom stereocenters. The van der Waals surface area contributed by atoms with Crippen molar-refractivity contribution in [3.63, 3.8) is 0 Å². The van der Waals surface area contributed by atoms with E-state index in [1.165, 1.54) is 51.4 Å². The van der Waals surface area contributed by atoms with Crippen molar-refractivity contribution in [3.05, 3.63) is 0 Å². The summed E-state index contributed by atoms with van der Waals surface area (Å²) < 4.78 is 0. The largest absolute Gasteiger partial charge is 0.395 e. The van der Waals surface area contributed by atoms with Crippen molar-refractivity contribution in [1.29, 1.82) is 0 Å². The Morgan fingerprint density at radius 2 is 1.81 bits per heavy atom. The van der Waals surface area contributed by atoms with Crippen LogP contribution in [-0.2, 0) is 4.84 Å². The zero-order valence-electron chi connectivity index (χ0n) is 16.7. The maximum Gasteiger partial charge on any atom is 0.129 e. The number of aliphatic hydroxyl groups is 1. The van der Waals surface area contributed by atoms with E-state index < -0.39 is 0 Å². The minimum atomic E-state index is -0.0561. The van der Waals surface area contributed by atoms with Gasteiger partial charge in [-0.25, -0.2) is 0 Å². The van der Waals surface area contributed by atoms with Crippen LogP contribution in [0.15, 0.2) is 5.16 Å². The number of oxime groups is 1. The maximum atomic E-state index is 10.6. The van der Waals surface area contributed by atoms with Crippen molar-refractivity contribution in [2.75, 3.05) is 13.2 Å². The van der Waals surface area contributed by atoms with Crippen LogP contribution in [-0.4, -0.2) is 30.6 Å². The first-order valence-corrected chi connectivity index (χ1v) is 11.0. The number of rotatable bonds is 4. The first kappa shape index (κ1) is 18.7. The number of nitrogens with zero attached hydrogens (tertiary/aromatic N) is 1. The first-order valence-electron chi connectivity index (χ1n) is 11.0. The SMILES string of the molecule is C[C@]12CC[C@H](C=NOCCN)CC1CCC1C2CC[C@@]2(C)C1CC[C@@H]2O. The van der Waals surface area contributed by atoms with Crippen LogP contribution in [0.4, 0.5) is 0 Å². The molecule has 0 heterocycles. The molecule has 4 fully saturated rings. The third kappa shape index (κ3) is 2.92. The van der Waals surface area contributed by atoms with Crippen LogP contribution in [0, 0.1) is 40.4 Å². The molecule has 0 spiro atoms. The van der Waals surface area contributed by atoms with Gasteiger partial charge in [0.25, 0.3) is 0 Å². The second kappa shape index (κ2) is 7.09. The normalized spacial score (nSPS) is 50.9. The molecule has 8 atom stereocenters. The van der Waals surface area contributed by atoms with Crippen LogP contribution in [0.25, 0.3) is 0 Å². The molecule has 3 N–H and O–H groups in total. The van der Waals surface area contributed by atoms with Crippen LogP contribution >= 0.6 is 0 Å². The van der Waals surface area contributed by atoms with Crippen LogP contribution in [0.2, 0.25) is 0 Å². The standard InChI is InChI=1S/C22H38N2O2/c1-21-9-7-15(14-24-26-12-11-23)13-16(21)3-4-17-18-5-6-20(25)22(18,2)10-8-19(17)21/h14-20,25H,3-13,23H2,1-2H3/t15-,16?,17?,18?,19?,20-,21-,22-/m0/s1. The Kier molecular flexibility index (Phi) is 5.11. The van der Waals surface area contributed by atoms with Gasteiger partial charge in [-0.15, -0.1) is 0 Å². The summed E-state index contributed by atoms with van der Waals surface area (Å²) in [4.78, 5) is 5.22. The fourth-order valence-electron chi connectivity index (χ4n) is 7.63. The summed E-state index contributed by atoms with van der Waals surface area (Å²) in [6.07, 6.45) is 13.5. The summed E-state index contributed by atoms with van der Waals surface area (Å²) >= 11 is 0. The predicted molar refractivity (Wildman–Crippen MR) is 105 cm³/mol. The van der Waals surface area contributed by atoms with E-state index in [2.05, 4.69) is 19.0 Å². The first-order chi connectivity index (χ1) is 12.5. The third-order valence-corrected chi connectivity index (χ3v) is 9.21. The molecule has 26 heavy (non-hydrogen) atoms. The topological polar surface area (TPSA) is 67.8 Å². The second-order valence-electron chi connectivity index (χ2n) is 10.2. The summed E-state index contributed by atoms with van der Waals surface area (Å²) in [6.45, 7) is 6.02. The summed E-state index contributed by atoms with van der Waals surface area (Å²) in [7, 11) is 0. The van der Waals surface area contributed by atoms with E-state index in [1.807, 2.05) is 6.21 Å². The zero-order chi connectivity index (χ0) is 18.4. The van der Waals surface area contributed by atoms with Gasteiger partial charge < -0.3 is 15.7 Å². The molecule has 4 rings (SSSR count). The Labute approximate surface area is 158 Å². The smallest absolute Gasteiger partial charge is 0.129 e. The van der Waals surface area contributed by atoms with Gasteiger partial charge in [0.2, 0.25) is 0 Å². The van der Waals surface area contributed by atoms with Gasteiger partial charge in [0.15, 0.2) is 0 Å². The van der Waals surface area contributed by atoms with E-state index in [-0.39, 0.29) is 11.5 Å². The lowest BCUT2D eigenvalue weighted by molar-refractivity contribution is -0.123. The molecule has 148 valence electrons. The fraction of sp³-hybridized carbons (Fsp3) is 0.955. The average Bonchev–Trinajstić information content (AvgIpc) is 2.94. The van der Waals surface area contributed by atoms with Crippen molar-refractivity contribution < 1.29 is 9.94 Å². The van der Waals surface area contributed by atoms with Gasteiger partial charge in [-0.05, 0) is 98.2 Å². The third-order valence-electron chi connectivity index (χ3n) is 9.21. The number of aliphatic hydroxyl groups excluding tert-OH is 1. The lowest BCUT2D eigenvalue weighted by Crippen LogP contribution is -2.54. The second-order valence-corrected chi connectivity index (χ2v) is 10.2. The van der Waals surface area contributed by atoms with Gasteiger partial charge in [-0.3, -0.25) is 0 Å². The highest BCUT2D eigenvalue weighted by Crippen LogP contribution is 2.66. The highest BCUT2D eigenvalue weighted by Gasteiger charge is 2.59. The van der Waals surface area contributed by atoms with Crippen LogP contribution < -0.4 is 5.73 Å². The lowest BCUT2D eigenvalue weighted by atomic mass is 9.44. The molecule has 4 aliphatic carbocycles. The lowest BCUT2D eigenvalue weighted by Gasteiger charge is -2.60. The molecule has 0 amide bonds.